The Morgan fingerprint density at radius 1 is 1.26 bits per heavy atom. The largest absolute Gasteiger partial charge is 0.444 e. The number of hydrogen-bond acceptors (Lipinski definition) is 5. The highest BCUT2D eigenvalue weighted by Crippen LogP contribution is 2.33. The molecular weight excluding hydrogens is 344 g/mol. The van der Waals surface area contributed by atoms with Gasteiger partial charge in [0.1, 0.15) is 11.4 Å². The smallest absolute Gasteiger partial charge is 0.410 e. The molecule has 0 radical (unpaired) electrons. The number of aromatic nitrogens is 1. The molecule has 0 bridgehead atoms. The molecule has 0 N–H and O–H groups in total. The van der Waals surface area contributed by atoms with Crippen LogP contribution >= 0.6 is 0 Å². The van der Waals surface area contributed by atoms with Gasteiger partial charge in [-0.3, -0.25) is 4.79 Å². The van der Waals surface area contributed by atoms with Gasteiger partial charge >= 0.3 is 6.09 Å². The Morgan fingerprint density at radius 3 is 2.52 bits per heavy atom. The second-order valence-corrected chi connectivity index (χ2v) is 9.38. The highest BCUT2D eigenvalue weighted by Gasteiger charge is 2.34. The van der Waals surface area contributed by atoms with Crippen molar-refractivity contribution in [3.63, 3.8) is 0 Å². The second kappa shape index (κ2) is 7.64. The SMILES string of the molecule is CC(C)C1CC(=O)c2c(noc2CC2CCN(C(=O)OC(C)(C)C)CC2)C1. The van der Waals surface area contributed by atoms with Crippen molar-refractivity contribution in [1.82, 2.24) is 10.1 Å². The first-order valence-electron chi connectivity index (χ1n) is 10.1. The second-order valence-electron chi connectivity index (χ2n) is 9.38. The lowest BCUT2D eigenvalue weighted by molar-refractivity contribution is 0.0182. The van der Waals surface area contributed by atoms with Crippen molar-refractivity contribution in [1.29, 1.82) is 0 Å². The summed E-state index contributed by atoms with van der Waals surface area (Å²) in [6.07, 6.45) is 3.68. The van der Waals surface area contributed by atoms with Crippen molar-refractivity contribution >= 4 is 11.9 Å². The first-order valence-corrected chi connectivity index (χ1v) is 10.1. The van der Waals surface area contributed by atoms with Crippen molar-refractivity contribution in [2.45, 2.75) is 72.3 Å². The number of carbonyl (C=O) groups excluding carboxylic acids is 2. The molecule has 3 rings (SSSR count). The number of Topliss-reactive ketones (excluding diaryl/α,β-unsaturated/α-hetero) is 1. The lowest BCUT2D eigenvalue weighted by Gasteiger charge is -2.33. The molecule has 6 heteroatoms. The van der Waals surface area contributed by atoms with Gasteiger partial charge in [-0.05, 0) is 57.8 Å². The zero-order valence-corrected chi connectivity index (χ0v) is 17.2. The van der Waals surface area contributed by atoms with Gasteiger partial charge in [0.05, 0.1) is 11.3 Å². The van der Waals surface area contributed by atoms with Crippen LogP contribution < -0.4 is 0 Å². The van der Waals surface area contributed by atoms with Crippen LogP contribution in [0.1, 0.15) is 75.7 Å². The molecule has 2 heterocycles. The number of fused-ring (bicyclic) bond motifs is 1. The van der Waals surface area contributed by atoms with Crippen LogP contribution in [0.4, 0.5) is 4.79 Å². The fourth-order valence-corrected chi connectivity index (χ4v) is 4.00. The zero-order chi connectivity index (χ0) is 19.8. The number of carbonyl (C=O) groups is 2. The van der Waals surface area contributed by atoms with Gasteiger partial charge in [0, 0.05) is 25.9 Å². The van der Waals surface area contributed by atoms with E-state index in [0.29, 0.717) is 37.3 Å². The molecule has 0 aromatic carbocycles. The van der Waals surface area contributed by atoms with E-state index >= 15 is 0 Å². The summed E-state index contributed by atoms with van der Waals surface area (Å²) < 4.78 is 11.0. The summed E-state index contributed by atoms with van der Waals surface area (Å²) in [5.41, 5.74) is 1.11. The van der Waals surface area contributed by atoms with E-state index in [9.17, 15) is 9.59 Å². The van der Waals surface area contributed by atoms with Gasteiger partial charge in [-0.25, -0.2) is 4.79 Å². The summed E-state index contributed by atoms with van der Waals surface area (Å²) in [5.74, 6) is 2.15. The highest BCUT2D eigenvalue weighted by atomic mass is 16.6. The van der Waals surface area contributed by atoms with Crippen molar-refractivity contribution in [3.05, 3.63) is 17.0 Å². The van der Waals surface area contributed by atoms with Crippen LogP contribution in [0.5, 0.6) is 0 Å². The molecule has 1 fully saturated rings. The summed E-state index contributed by atoms with van der Waals surface area (Å²) >= 11 is 0. The van der Waals surface area contributed by atoms with Gasteiger partial charge in [-0.15, -0.1) is 0 Å². The third kappa shape index (κ3) is 4.71. The Bertz CT molecular complexity index is 694. The summed E-state index contributed by atoms with van der Waals surface area (Å²) in [4.78, 5) is 26.6. The maximum absolute atomic E-state index is 12.6. The Kier molecular flexibility index (Phi) is 5.63. The molecule has 0 spiro atoms. The summed E-state index contributed by atoms with van der Waals surface area (Å²) in [6, 6.07) is 0. The molecule has 1 aliphatic heterocycles. The van der Waals surface area contributed by atoms with Crippen LogP contribution in [-0.4, -0.2) is 40.6 Å². The van der Waals surface area contributed by atoms with E-state index in [2.05, 4.69) is 19.0 Å². The Labute approximate surface area is 161 Å². The standard InChI is InChI=1S/C21H32N2O4/c1-13(2)15-11-16-19(17(24)12-15)18(27-22-16)10-14-6-8-23(9-7-14)20(25)26-21(3,4)5/h13-15H,6-12H2,1-5H3. The molecule has 1 aliphatic carbocycles. The van der Waals surface area contributed by atoms with E-state index in [-0.39, 0.29) is 11.9 Å². The molecule has 150 valence electrons. The predicted molar refractivity (Wildman–Crippen MR) is 102 cm³/mol. The van der Waals surface area contributed by atoms with Gasteiger partial charge < -0.3 is 14.2 Å². The van der Waals surface area contributed by atoms with Gasteiger partial charge in [0.15, 0.2) is 5.78 Å². The fourth-order valence-electron chi connectivity index (χ4n) is 4.00. The minimum atomic E-state index is -0.471. The molecule has 1 aromatic heterocycles. The number of amides is 1. The average Bonchev–Trinajstić information content (AvgIpc) is 2.97. The fraction of sp³-hybridized carbons (Fsp3) is 0.762. The molecule has 1 amide bonds. The van der Waals surface area contributed by atoms with E-state index in [1.807, 2.05) is 20.8 Å². The van der Waals surface area contributed by atoms with Crippen LogP contribution in [0, 0.1) is 17.8 Å². The number of ketones is 1. The maximum Gasteiger partial charge on any atom is 0.410 e. The number of hydrogen-bond donors (Lipinski definition) is 0. The topological polar surface area (TPSA) is 72.6 Å². The van der Waals surface area contributed by atoms with Gasteiger partial charge in [-0.2, -0.15) is 0 Å². The van der Waals surface area contributed by atoms with Crippen LogP contribution in [0.3, 0.4) is 0 Å². The lowest BCUT2D eigenvalue weighted by atomic mass is 9.79. The summed E-state index contributed by atoms with van der Waals surface area (Å²) in [6.45, 7) is 11.3. The molecular formula is C21H32N2O4. The third-order valence-corrected chi connectivity index (χ3v) is 5.70. The van der Waals surface area contributed by atoms with Crippen molar-refractivity contribution in [2.24, 2.45) is 17.8 Å². The first-order chi connectivity index (χ1) is 12.6. The third-order valence-electron chi connectivity index (χ3n) is 5.70. The van der Waals surface area contributed by atoms with Gasteiger partial charge in [0.2, 0.25) is 0 Å². The van der Waals surface area contributed by atoms with Crippen LogP contribution in [0.25, 0.3) is 0 Å². The molecule has 1 aromatic rings. The number of piperidine rings is 1. The Morgan fingerprint density at radius 2 is 1.93 bits per heavy atom. The van der Waals surface area contributed by atoms with E-state index < -0.39 is 5.60 Å². The van der Waals surface area contributed by atoms with E-state index in [1.54, 1.807) is 4.90 Å². The number of rotatable bonds is 3. The molecule has 0 saturated carbocycles. The van der Waals surface area contributed by atoms with E-state index in [4.69, 9.17) is 9.26 Å². The highest BCUT2D eigenvalue weighted by molar-refractivity contribution is 5.99. The van der Waals surface area contributed by atoms with Gasteiger partial charge in [-0.1, -0.05) is 19.0 Å². The Hall–Kier alpha value is -1.85. The molecule has 1 unspecified atom stereocenters. The average molecular weight is 376 g/mol. The summed E-state index contributed by atoms with van der Waals surface area (Å²) in [7, 11) is 0. The van der Waals surface area contributed by atoms with Crippen LogP contribution in [0.15, 0.2) is 4.52 Å². The molecule has 27 heavy (non-hydrogen) atoms. The van der Waals surface area contributed by atoms with E-state index in [1.165, 1.54) is 0 Å². The molecule has 1 saturated heterocycles. The Balaban J connectivity index is 1.58. The zero-order valence-electron chi connectivity index (χ0n) is 17.2. The number of nitrogens with zero attached hydrogens (tertiary/aromatic N) is 2. The van der Waals surface area contributed by atoms with Crippen molar-refractivity contribution in [3.8, 4) is 0 Å². The summed E-state index contributed by atoms with van der Waals surface area (Å²) in [5, 5.41) is 4.21. The predicted octanol–water partition coefficient (Wildman–Crippen LogP) is 4.27. The maximum atomic E-state index is 12.6. The van der Waals surface area contributed by atoms with Crippen LogP contribution in [-0.2, 0) is 17.6 Å². The molecule has 2 aliphatic rings. The quantitative estimate of drug-likeness (QED) is 0.788. The van der Waals surface area contributed by atoms with Crippen molar-refractivity contribution in [2.75, 3.05) is 13.1 Å². The van der Waals surface area contributed by atoms with Gasteiger partial charge in [0.25, 0.3) is 0 Å². The minimum Gasteiger partial charge on any atom is -0.444 e. The van der Waals surface area contributed by atoms with Crippen molar-refractivity contribution < 1.29 is 18.8 Å². The normalized spacial score (nSPS) is 21.5. The number of likely N-dealkylation sites (tertiary alicyclic amines) is 1. The number of ether oxygens (including phenoxy) is 1. The monoisotopic (exact) mass is 376 g/mol. The minimum absolute atomic E-state index is 0.178. The van der Waals surface area contributed by atoms with Crippen LogP contribution in [0.2, 0.25) is 0 Å². The van der Waals surface area contributed by atoms with E-state index in [0.717, 1.165) is 42.7 Å². The lowest BCUT2D eigenvalue weighted by Crippen LogP contribution is -2.42. The first kappa shape index (κ1) is 19.9. The molecule has 1 atom stereocenters. The molecule has 6 nitrogen and oxygen atoms in total.